The van der Waals surface area contributed by atoms with Gasteiger partial charge < -0.3 is 14.2 Å². The fourth-order valence-corrected chi connectivity index (χ4v) is 3.31. The van der Waals surface area contributed by atoms with Gasteiger partial charge in [0, 0.05) is 17.4 Å². The van der Waals surface area contributed by atoms with Gasteiger partial charge in [0.15, 0.2) is 0 Å². The van der Waals surface area contributed by atoms with E-state index in [1.54, 1.807) is 4.98 Å². The average molecular weight is 450 g/mol. The minimum Gasteiger partial charge on any atom is -0.455 e. The lowest BCUT2D eigenvalue weighted by Gasteiger charge is -2.20. The Balaban J connectivity index is 2.21. The topological polar surface area (TPSA) is 99.6 Å². The second-order valence-electron chi connectivity index (χ2n) is 7.40. The zero-order valence-electron chi connectivity index (χ0n) is 16.4. The molecule has 1 aromatic rings. The summed E-state index contributed by atoms with van der Waals surface area (Å²) in [5.41, 5.74) is -4.16. The molecule has 3 atom stereocenters. The van der Waals surface area contributed by atoms with Gasteiger partial charge in [0.1, 0.15) is 31.1 Å². The molecule has 0 saturated carbocycles. The van der Waals surface area contributed by atoms with Crippen LogP contribution in [0.3, 0.4) is 0 Å². The van der Waals surface area contributed by atoms with Crippen molar-refractivity contribution in [3.05, 3.63) is 32.6 Å². The van der Waals surface area contributed by atoms with E-state index in [-0.39, 0.29) is 24.4 Å². The third kappa shape index (κ3) is 6.38. The number of aromatic nitrogens is 2. The van der Waals surface area contributed by atoms with Gasteiger partial charge in [-0.25, -0.2) is 9.59 Å². The number of hydrogen-bond acceptors (Lipinski definition) is 7. The second kappa shape index (κ2) is 9.28. The molecule has 166 valence electrons. The van der Waals surface area contributed by atoms with Crippen LogP contribution in [0, 0.1) is 12.3 Å². The molecular formula is C18H21F3N2O6S. The summed E-state index contributed by atoms with van der Waals surface area (Å²) in [4.78, 5) is 37.1. The molecule has 30 heavy (non-hydrogen) atoms. The fraction of sp³-hybridized carbons (Fsp3) is 0.611. The van der Waals surface area contributed by atoms with E-state index in [1.807, 2.05) is 20.8 Å². The summed E-state index contributed by atoms with van der Waals surface area (Å²) in [7, 11) is 0. The zero-order chi connectivity index (χ0) is 22.7. The van der Waals surface area contributed by atoms with Crippen LogP contribution in [0.15, 0.2) is 15.8 Å². The van der Waals surface area contributed by atoms with Crippen LogP contribution >= 0.6 is 11.8 Å². The van der Waals surface area contributed by atoms with Crippen molar-refractivity contribution < 1.29 is 32.2 Å². The number of carbonyl (C=O) groups is 1. The van der Waals surface area contributed by atoms with Crippen molar-refractivity contribution in [2.45, 2.75) is 56.6 Å². The summed E-state index contributed by atoms with van der Waals surface area (Å²) < 4.78 is 55.6. The minimum absolute atomic E-state index is 0.0421. The number of nitrogens with zero attached hydrogens (tertiary/aromatic N) is 1. The molecule has 1 saturated heterocycles. The Morgan fingerprint density at radius 1 is 1.40 bits per heavy atom. The molecule has 1 aromatic heterocycles. The van der Waals surface area contributed by atoms with Crippen molar-refractivity contribution in [3.8, 4) is 12.3 Å². The van der Waals surface area contributed by atoms with Crippen molar-refractivity contribution in [1.29, 1.82) is 0 Å². The zero-order valence-corrected chi connectivity index (χ0v) is 17.3. The molecule has 0 aliphatic carbocycles. The van der Waals surface area contributed by atoms with E-state index in [0.29, 0.717) is 10.8 Å². The molecule has 1 N–H and O–H groups in total. The van der Waals surface area contributed by atoms with E-state index in [9.17, 15) is 27.6 Å². The molecule has 0 spiro atoms. The second-order valence-corrected chi connectivity index (χ2v) is 9.16. The molecule has 0 radical (unpaired) electrons. The third-order valence-electron chi connectivity index (χ3n) is 3.90. The number of carbonyl (C=O) groups excluding carboxylic acids is 1. The Kier molecular flexibility index (Phi) is 7.44. The number of nitrogens with one attached hydrogen (secondary N) is 1. The van der Waals surface area contributed by atoms with Crippen LogP contribution in [0.25, 0.3) is 0 Å². The maximum atomic E-state index is 13.0. The van der Waals surface area contributed by atoms with Gasteiger partial charge in [-0.05, 0) is 11.8 Å². The monoisotopic (exact) mass is 450 g/mol. The van der Waals surface area contributed by atoms with Crippen LogP contribution in [0.1, 0.15) is 39.0 Å². The lowest BCUT2D eigenvalue weighted by Crippen LogP contribution is -2.36. The number of thioether (sulfide) groups is 1. The van der Waals surface area contributed by atoms with Crippen LogP contribution in [0.5, 0.6) is 0 Å². The van der Waals surface area contributed by atoms with Crippen molar-refractivity contribution in [2.24, 2.45) is 0 Å². The molecule has 0 bridgehead atoms. The van der Waals surface area contributed by atoms with Gasteiger partial charge >= 0.3 is 17.2 Å². The number of terminal acetylenes is 1. The highest BCUT2D eigenvalue weighted by atomic mass is 32.2. The van der Waals surface area contributed by atoms with E-state index in [2.05, 4.69) is 5.92 Å². The van der Waals surface area contributed by atoms with Gasteiger partial charge in [-0.1, -0.05) is 26.7 Å². The smallest absolute Gasteiger partial charge is 0.423 e. The van der Waals surface area contributed by atoms with Gasteiger partial charge in [0.05, 0.1) is 6.10 Å². The van der Waals surface area contributed by atoms with Gasteiger partial charge in [-0.2, -0.15) is 13.2 Å². The summed E-state index contributed by atoms with van der Waals surface area (Å²) >= 11 is 0.955. The van der Waals surface area contributed by atoms with Gasteiger partial charge in [0.2, 0.25) is 0 Å². The summed E-state index contributed by atoms with van der Waals surface area (Å²) in [6.07, 6.45) is -2.23. The first kappa shape index (κ1) is 24.0. The predicted octanol–water partition coefficient (Wildman–Crippen LogP) is 2.53. The fourth-order valence-electron chi connectivity index (χ4n) is 2.68. The Morgan fingerprint density at radius 3 is 2.63 bits per heavy atom. The number of ether oxygens (including phenoxy) is 3. The van der Waals surface area contributed by atoms with Crippen molar-refractivity contribution >= 4 is 17.1 Å². The maximum Gasteiger partial charge on any atom is 0.423 e. The molecular weight excluding hydrogens is 429 g/mol. The SMILES string of the molecule is C#CCO[C@H]1C[C@H](n2cc(C(F)(F)F)c(=O)[nH]c2=O)O[C@@H]1COC(=O)SC(C)(C)C. The van der Waals surface area contributed by atoms with Crippen molar-refractivity contribution in [3.63, 3.8) is 0 Å². The molecule has 0 amide bonds. The summed E-state index contributed by atoms with van der Waals surface area (Å²) in [5.74, 6) is 2.26. The molecule has 12 heteroatoms. The molecule has 0 unspecified atom stereocenters. The highest BCUT2D eigenvalue weighted by molar-refractivity contribution is 8.14. The van der Waals surface area contributed by atoms with Crippen LogP contribution in [0.2, 0.25) is 0 Å². The van der Waals surface area contributed by atoms with Gasteiger partial charge in [-0.15, -0.1) is 6.42 Å². The lowest BCUT2D eigenvalue weighted by atomic mass is 10.2. The molecule has 8 nitrogen and oxygen atoms in total. The molecule has 1 aliphatic rings. The Morgan fingerprint density at radius 2 is 2.07 bits per heavy atom. The number of hydrogen-bond donors (Lipinski definition) is 1. The summed E-state index contributed by atoms with van der Waals surface area (Å²) in [6.45, 7) is 5.09. The maximum absolute atomic E-state index is 13.0. The third-order valence-corrected chi connectivity index (χ3v) is 4.80. The van der Waals surface area contributed by atoms with E-state index < -0.39 is 46.7 Å². The highest BCUT2D eigenvalue weighted by Gasteiger charge is 2.40. The first-order chi connectivity index (χ1) is 13.8. The standard InChI is InChI=1S/C18H21F3N2O6S/c1-5-6-27-11-7-13(29-12(11)9-28-16(26)30-17(2,3)4)23-8-10(18(19,20)21)14(24)22-15(23)25/h1,8,11-13H,6-7,9H2,2-4H3,(H,22,24,25)/t11-,12+,13+/m0/s1. The predicted molar refractivity (Wildman–Crippen MR) is 102 cm³/mol. The molecule has 1 fully saturated rings. The normalized spacial score (nSPS) is 22.0. The van der Waals surface area contributed by atoms with Crippen LogP contribution in [-0.2, 0) is 20.4 Å². The Bertz CT molecular complexity index is 928. The average Bonchev–Trinajstić information content (AvgIpc) is 2.98. The van der Waals surface area contributed by atoms with E-state index in [4.69, 9.17) is 20.6 Å². The van der Waals surface area contributed by atoms with Crippen LogP contribution < -0.4 is 11.2 Å². The van der Waals surface area contributed by atoms with Gasteiger partial charge in [-0.3, -0.25) is 14.3 Å². The first-order valence-electron chi connectivity index (χ1n) is 8.81. The molecule has 0 aromatic carbocycles. The summed E-state index contributed by atoms with van der Waals surface area (Å²) in [6, 6.07) is 0. The Labute approximate surface area is 174 Å². The largest absolute Gasteiger partial charge is 0.455 e. The summed E-state index contributed by atoms with van der Waals surface area (Å²) in [5, 5.41) is -0.564. The number of H-pyrrole nitrogens is 1. The number of alkyl halides is 3. The van der Waals surface area contributed by atoms with Gasteiger partial charge in [0.25, 0.3) is 5.56 Å². The molecule has 2 rings (SSSR count). The number of halogens is 3. The first-order valence-corrected chi connectivity index (χ1v) is 9.62. The number of aromatic amines is 1. The Hall–Kier alpha value is -2.23. The highest BCUT2D eigenvalue weighted by Crippen LogP contribution is 2.32. The van der Waals surface area contributed by atoms with E-state index in [1.165, 1.54) is 0 Å². The molecule has 1 aliphatic heterocycles. The van der Waals surface area contributed by atoms with Crippen LogP contribution in [0.4, 0.5) is 18.0 Å². The molecule has 2 heterocycles. The quantitative estimate of drug-likeness (QED) is 0.544. The lowest BCUT2D eigenvalue weighted by molar-refractivity contribution is -0.139. The van der Waals surface area contributed by atoms with Crippen molar-refractivity contribution in [1.82, 2.24) is 9.55 Å². The van der Waals surface area contributed by atoms with Crippen molar-refractivity contribution in [2.75, 3.05) is 13.2 Å². The van der Waals surface area contributed by atoms with E-state index in [0.717, 1.165) is 11.8 Å². The van der Waals surface area contributed by atoms with Crippen LogP contribution in [-0.4, -0.2) is 45.0 Å². The minimum atomic E-state index is -4.96. The number of rotatable bonds is 5. The van der Waals surface area contributed by atoms with E-state index >= 15 is 0 Å².